The van der Waals surface area contributed by atoms with Gasteiger partial charge in [-0.05, 0) is 74.3 Å². The average molecular weight is 479 g/mol. The maximum atomic E-state index is 6.44. The van der Waals surface area contributed by atoms with E-state index in [9.17, 15) is 0 Å². The number of halogens is 2. The maximum Gasteiger partial charge on any atom is 0.206 e. The van der Waals surface area contributed by atoms with Gasteiger partial charge in [0.25, 0.3) is 0 Å². The lowest BCUT2D eigenvalue weighted by Crippen LogP contribution is -2.34. The zero-order valence-corrected chi connectivity index (χ0v) is 19.5. The second-order valence-electron chi connectivity index (χ2n) is 7.39. The molecule has 0 saturated carbocycles. The van der Waals surface area contributed by atoms with Crippen LogP contribution >= 0.6 is 34.5 Å². The van der Waals surface area contributed by atoms with E-state index in [0.29, 0.717) is 18.2 Å². The summed E-state index contributed by atoms with van der Waals surface area (Å²) in [5.41, 5.74) is 2.02. The van der Waals surface area contributed by atoms with Gasteiger partial charge in [-0.3, -0.25) is 0 Å². The lowest BCUT2D eigenvalue weighted by molar-refractivity contribution is 0.162. The summed E-state index contributed by atoms with van der Waals surface area (Å²) in [6.45, 7) is 4.87. The largest absolute Gasteiger partial charge is 0.489 e. The third kappa shape index (κ3) is 6.23. The molecule has 0 atom stereocenters. The molecule has 2 heterocycles. The van der Waals surface area contributed by atoms with Crippen molar-refractivity contribution in [2.75, 3.05) is 18.4 Å². The minimum Gasteiger partial charge on any atom is -0.489 e. The van der Waals surface area contributed by atoms with E-state index in [1.807, 2.05) is 43.3 Å². The lowest BCUT2D eigenvalue weighted by atomic mass is 10.1. The minimum atomic E-state index is 0.224. The molecular weight excluding hydrogens is 455 g/mol. The van der Waals surface area contributed by atoms with E-state index in [4.69, 9.17) is 32.7 Å². The van der Waals surface area contributed by atoms with Gasteiger partial charge in [-0.1, -0.05) is 40.6 Å². The molecule has 0 aliphatic carbocycles. The van der Waals surface area contributed by atoms with Gasteiger partial charge in [-0.15, -0.1) is 10.2 Å². The smallest absolute Gasteiger partial charge is 0.206 e. The molecule has 0 spiro atoms. The van der Waals surface area contributed by atoms with Crippen molar-refractivity contribution >= 4 is 39.7 Å². The molecule has 4 rings (SSSR count). The Bertz CT molecular complexity index is 1020. The molecule has 0 unspecified atom stereocenters. The third-order valence-corrected chi connectivity index (χ3v) is 6.55. The van der Waals surface area contributed by atoms with Crippen molar-refractivity contribution in [3.63, 3.8) is 0 Å². The quantitative estimate of drug-likeness (QED) is 0.446. The molecule has 0 amide bonds. The molecule has 3 aromatic rings. The summed E-state index contributed by atoms with van der Waals surface area (Å²) in [7, 11) is 0. The summed E-state index contributed by atoms with van der Waals surface area (Å²) >= 11 is 13.9. The zero-order chi connectivity index (χ0) is 21.6. The Morgan fingerprint density at radius 2 is 1.94 bits per heavy atom. The number of benzene rings is 2. The van der Waals surface area contributed by atoms with Crippen molar-refractivity contribution < 1.29 is 9.47 Å². The van der Waals surface area contributed by atoms with Crippen LogP contribution in [0.4, 0.5) is 5.13 Å². The fourth-order valence-corrected chi connectivity index (χ4v) is 4.27. The first-order valence-electron chi connectivity index (χ1n) is 10.2. The molecule has 1 aromatic heterocycles. The van der Waals surface area contributed by atoms with Crippen molar-refractivity contribution in [1.82, 2.24) is 15.5 Å². The van der Waals surface area contributed by atoms with Gasteiger partial charge in [0.05, 0.1) is 5.02 Å². The highest BCUT2D eigenvalue weighted by atomic mass is 35.5. The number of aromatic nitrogens is 2. The number of nitrogens with zero attached hydrogens (tertiary/aromatic N) is 2. The van der Waals surface area contributed by atoms with Gasteiger partial charge in [0.2, 0.25) is 5.13 Å². The topological polar surface area (TPSA) is 68.3 Å². The van der Waals surface area contributed by atoms with E-state index in [0.717, 1.165) is 63.7 Å². The van der Waals surface area contributed by atoms with E-state index >= 15 is 0 Å². The third-order valence-electron chi connectivity index (χ3n) is 4.98. The fraction of sp³-hybridized carbons (Fsp3) is 0.364. The van der Waals surface area contributed by atoms with E-state index in [-0.39, 0.29) is 6.10 Å². The van der Waals surface area contributed by atoms with Gasteiger partial charge in [0.1, 0.15) is 24.2 Å². The standard InChI is InChI=1S/C22H24Cl2N4O2S/c1-14-10-17(3-4-18(14)23)29-13-21-27-28-22(31-21)26-12-15-2-5-20(19(24)11-15)30-16-6-8-25-9-7-16/h2-5,10-11,16,25H,6-9,12-13H2,1H3,(H,26,28). The highest BCUT2D eigenvalue weighted by Gasteiger charge is 2.16. The summed E-state index contributed by atoms with van der Waals surface area (Å²) < 4.78 is 11.8. The number of ether oxygens (including phenoxy) is 2. The fourth-order valence-electron chi connectivity index (χ4n) is 3.26. The Morgan fingerprint density at radius 3 is 2.71 bits per heavy atom. The summed E-state index contributed by atoms with van der Waals surface area (Å²) in [4.78, 5) is 0. The van der Waals surface area contributed by atoms with Crippen LogP contribution in [-0.2, 0) is 13.2 Å². The number of nitrogens with one attached hydrogen (secondary N) is 2. The van der Waals surface area contributed by atoms with Gasteiger partial charge in [-0.2, -0.15) is 0 Å². The highest BCUT2D eigenvalue weighted by molar-refractivity contribution is 7.15. The van der Waals surface area contributed by atoms with E-state index in [1.54, 1.807) is 0 Å². The Hall–Kier alpha value is -2.06. The molecular formula is C22H24Cl2N4O2S. The van der Waals surface area contributed by atoms with Gasteiger partial charge in [-0.25, -0.2) is 0 Å². The number of rotatable bonds is 8. The summed E-state index contributed by atoms with van der Waals surface area (Å²) in [5, 5.41) is 17.9. The second kappa shape index (κ2) is 10.5. The first-order chi connectivity index (χ1) is 15.1. The van der Waals surface area contributed by atoms with Crippen molar-refractivity contribution in [2.45, 2.75) is 39.0 Å². The Balaban J connectivity index is 1.27. The number of hydrogen-bond donors (Lipinski definition) is 2. The normalized spacial score (nSPS) is 14.4. The molecule has 6 nitrogen and oxygen atoms in total. The van der Waals surface area contributed by atoms with Crippen LogP contribution in [0.25, 0.3) is 0 Å². The summed E-state index contributed by atoms with van der Waals surface area (Å²) in [6.07, 6.45) is 2.22. The predicted molar refractivity (Wildman–Crippen MR) is 126 cm³/mol. The minimum absolute atomic E-state index is 0.224. The number of hydrogen-bond acceptors (Lipinski definition) is 7. The summed E-state index contributed by atoms with van der Waals surface area (Å²) in [5.74, 6) is 1.50. The van der Waals surface area contributed by atoms with Crippen LogP contribution in [-0.4, -0.2) is 29.4 Å². The van der Waals surface area contributed by atoms with Crippen LogP contribution in [0, 0.1) is 6.92 Å². The maximum absolute atomic E-state index is 6.44. The van der Waals surface area contributed by atoms with E-state index in [1.165, 1.54) is 11.3 Å². The summed E-state index contributed by atoms with van der Waals surface area (Å²) in [6, 6.07) is 11.5. The average Bonchev–Trinajstić information content (AvgIpc) is 3.23. The molecule has 164 valence electrons. The van der Waals surface area contributed by atoms with Crippen LogP contribution in [0.1, 0.15) is 29.0 Å². The first kappa shape index (κ1) is 22.1. The van der Waals surface area contributed by atoms with Crippen LogP contribution in [0.3, 0.4) is 0 Å². The highest BCUT2D eigenvalue weighted by Crippen LogP contribution is 2.28. The van der Waals surface area contributed by atoms with Crippen molar-refractivity contribution in [3.8, 4) is 11.5 Å². The SMILES string of the molecule is Cc1cc(OCc2nnc(NCc3ccc(OC4CCNCC4)c(Cl)c3)s2)ccc1Cl. The van der Waals surface area contributed by atoms with Gasteiger partial charge >= 0.3 is 0 Å². The van der Waals surface area contributed by atoms with Crippen LogP contribution in [0.2, 0.25) is 10.0 Å². The number of aryl methyl sites for hydroxylation is 1. The number of piperidine rings is 1. The van der Waals surface area contributed by atoms with Crippen LogP contribution in [0.5, 0.6) is 11.5 Å². The van der Waals surface area contributed by atoms with Crippen LogP contribution < -0.4 is 20.1 Å². The molecule has 31 heavy (non-hydrogen) atoms. The van der Waals surface area contributed by atoms with Crippen molar-refractivity contribution in [3.05, 3.63) is 62.6 Å². The second-order valence-corrected chi connectivity index (χ2v) is 9.26. The lowest BCUT2D eigenvalue weighted by Gasteiger charge is -2.24. The molecule has 1 saturated heterocycles. The van der Waals surface area contributed by atoms with Crippen molar-refractivity contribution in [1.29, 1.82) is 0 Å². The van der Waals surface area contributed by atoms with E-state index in [2.05, 4.69) is 20.8 Å². The molecule has 1 aliphatic rings. The van der Waals surface area contributed by atoms with E-state index < -0.39 is 0 Å². The van der Waals surface area contributed by atoms with Gasteiger partial charge in [0.15, 0.2) is 5.01 Å². The molecule has 1 fully saturated rings. The monoisotopic (exact) mass is 478 g/mol. The molecule has 0 radical (unpaired) electrons. The zero-order valence-electron chi connectivity index (χ0n) is 17.2. The van der Waals surface area contributed by atoms with Crippen LogP contribution in [0.15, 0.2) is 36.4 Å². The predicted octanol–water partition coefficient (Wildman–Crippen LogP) is 5.48. The first-order valence-corrected chi connectivity index (χ1v) is 11.7. The van der Waals surface area contributed by atoms with Gasteiger partial charge in [0, 0.05) is 11.6 Å². The van der Waals surface area contributed by atoms with Crippen molar-refractivity contribution in [2.24, 2.45) is 0 Å². The van der Waals surface area contributed by atoms with Gasteiger partial charge < -0.3 is 20.1 Å². The molecule has 1 aliphatic heterocycles. The molecule has 9 heteroatoms. The Morgan fingerprint density at radius 1 is 1.10 bits per heavy atom. The molecule has 0 bridgehead atoms. The number of anilines is 1. The Kier molecular flexibility index (Phi) is 7.50. The Labute approximate surface area is 195 Å². The molecule has 2 N–H and O–H groups in total. The molecule has 2 aromatic carbocycles.